The molecule has 1 aliphatic rings. The van der Waals surface area contributed by atoms with E-state index in [1.54, 1.807) is 44.8 Å². The van der Waals surface area contributed by atoms with E-state index < -0.39 is 0 Å². The molecule has 2 aromatic carbocycles. The first-order valence-electron chi connectivity index (χ1n) is 11.8. The predicted molar refractivity (Wildman–Crippen MR) is 140 cm³/mol. The van der Waals surface area contributed by atoms with Gasteiger partial charge in [-0.3, -0.25) is 4.79 Å². The topological polar surface area (TPSA) is 92.7 Å². The van der Waals surface area contributed by atoms with Crippen molar-refractivity contribution < 1.29 is 14.3 Å². The molecule has 2 aromatic heterocycles. The minimum Gasteiger partial charge on any atom is -0.493 e. The van der Waals surface area contributed by atoms with Crippen LogP contribution in [0.25, 0.3) is 10.9 Å². The van der Waals surface area contributed by atoms with Gasteiger partial charge in [0, 0.05) is 55.2 Å². The summed E-state index contributed by atoms with van der Waals surface area (Å²) in [5, 5.41) is 3.97. The van der Waals surface area contributed by atoms with E-state index in [4.69, 9.17) is 14.5 Å². The van der Waals surface area contributed by atoms with E-state index in [-0.39, 0.29) is 5.91 Å². The third-order valence-corrected chi connectivity index (χ3v) is 6.34. The second kappa shape index (κ2) is 10.1. The predicted octanol–water partition coefficient (Wildman–Crippen LogP) is 3.93. The van der Waals surface area contributed by atoms with Crippen molar-refractivity contribution in [3.63, 3.8) is 0 Å². The van der Waals surface area contributed by atoms with Crippen molar-refractivity contribution in [2.45, 2.75) is 6.92 Å². The summed E-state index contributed by atoms with van der Waals surface area (Å²) in [4.78, 5) is 31.0. The Balaban J connectivity index is 1.31. The number of hydrogen-bond acceptors (Lipinski definition) is 8. The van der Waals surface area contributed by atoms with Crippen molar-refractivity contribution in [1.29, 1.82) is 0 Å². The number of benzene rings is 2. The number of amides is 1. The molecule has 1 N–H and O–H groups in total. The smallest absolute Gasteiger partial charge is 0.255 e. The number of aromatic nitrogens is 3. The molecular weight excluding hydrogens is 456 g/mol. The average Bonchev–Trinajstić information content (AvgIpc) is 2.93. The number of ether oxygens (including phenoxy) is 2. The Bertz CT molecular complexity index is 1390. The molecule has 0 spiro atoms. The molecule has 184 valence electrons. The lowest BCUT2D eigenvalue weighted by molar-refractivity contribution is 0.102. The molecule has 0 unspecified atom stereocenters. The van der Waals surface area contributed by atoms with Crippen LogP contribution in [0, 0.1) is 6.92 Å². The van der Waals surface area contributed by atoms with Crippen LogP contribution in [0.5, 0.6) is 11.5 Å². The summed E-state index contributed by atoms with van der Waals surface area (Å²) in [5.41, 5.74) is 3.18. The SMILES string of the molecule is COc1ccc(C(=O)Nc2ccc3nc(N4CCN(c5ncccn5)CC4)cc(C)c3c2)cc1OC. The van der Waals surface area contributed by atoms with Crippen LogP contribution >= 0.6 is 0 Å². The average molecular weight is 485 g/mol. The lowest BCUT2D eigenvalue weighted by Crippen LogP contribution is -2.47. The van der Waals surface area contributed by atoms with Crippen LogP contribution in [0.1, 0.15) is 15.9 Å². The largest absolute Gasteiger partial charge is 0.493 e. The molecular formula is C27H28N6O3. The van der Waals surface area contributed by atoms with E-state index >= 15 is 0 Å². The fourth-order valence-electron chi connectivity index (χ4n) is 4.39. The fourth-order valence-corrected chi connectivity index (χ4v) is 4.39. The lowest BCUT2D eigenvalue weighted by Gasteiger charge is -2.35. The second-order valence-corrected chi connectivity index (χ2v) is 8.58. The van der Waals surface area contributed by atoms with Gasteiger partial charge in [-0.15, -0.1) is 0 Å². The van der Waals surface area contributed by atoms with Crippen LogP contribution < -0.4 is 24.6 Å². The zero-order chi connectivity index (χ0) is 25.1. The number of carbonyl (C=O) groups excluding carboxylic acids is 1. The number of anilines is 3. The normalized spacial score (nSPS) is 13.5. The van der Waals surface area contributed by atoms with Crippen LogP contribution in [-0.2, 0) is 0 Å². The summed E-state index contributed by atoms with van der Waals surface area (Å²) >= 11 is 0. The molecule has 0 aliphatic carbocycles. The van der Waals surface area contributed by atoms with Crippen LogP contribution in [0.15, 0.2) is 60.9 Å². The molecule has 0 bridgehead atoms. The highest BCUT2D eigenvalue weighted by Gasteiger charge is 2.20. The van der Waals surface area contributed by atoms with Crippen LogP contribution in [-0.4, -0.2) is 61.3 Å². The maximum atomic E-state index is 12.8. The van der Waals surface area contributed by atoms with Crippen LogP contribution in [0.2, 0.25) is 0 Å². The quantitative estimate of drug-likeness (QED) is 0.440. The molecule has 1 saturated heterocycles. The molecule has 0 atom stereocenters. The van der Waals surface area contributed by atoms with Crippen molar-refractivity contribution in [2.75, 3.05) is 55.5 Å². The molecule has 5 rings (SSSR count). The molecule has 3 heterocycles. The van der Waals surface area contributed by atoms with Gasteiger partial charge >= 0.3 is 0 Å². The summed E-state index contributed by atoms with van der Waals surface area (Å²) in [6.45, 7) is 5.43. The minimum absolute atomic E-state index is 0.224. The van der Waals surface area contributed by atoms with E-state index in [0.29, 0.717) is 22.7 Å². The molecule has 1 aliphatic heterocycles. The summed E-state index contributed by atoms with van der Waals surface area (Å²) in [7, 11) is 3.11. The first kappa shape index (κ1) is 23.3. The number of methoxy groups -OCH3 is 2. The third-order valence-electron chi connectivity index (χ3n) is 6.34. The zero-order valence-electron chi connectivity index (χ0n) is 20.6. The Hall–Kier alpha value is -4.40. The van der Waals surface area contributed by atoms with Gasteiger partial charge in [-0.05, 0) is 61.0 Å². The number of carbonyl (C=O) groups is 1. The summed E-state index contributed by atoms with van der Waals surface area (Å²) in [6, 6.07) is 14.8. The van der Waals surface area contributed by atoms with Crippen molar-refractivity contribution in [1.82, 2.24) is 15.0 Å². The van der Waals surface area contributed by atoms with E-state index in [1.165, 1.54) is 0 Å². The van der Waals surface area contributed by atoms with Gasteiger partial charge in [-0.1, -0.05) is 0 Å². The van der Waals surface area contributed by atoms with E-state index in [9.17, 15) is 4.79 Å². The van der Waals surface area contributed by atoms with Gasteiger partial charge in [0.05, 0.1) is 19.7 Å². The number of hydrogen-bond donors (Lipinski definition) is 1. The van der Waals surface area contributed by atoms with Crippen molar-refractivity contribution >= 4 is 34.3 Å². The third kappa shape index (κ3) is 4.72. The van der Waals surface area contributed by atoms with E-state index in [2.05, 4.69) is 38.1 Å². The van der Waals surface area contributed by atoms with Gasteiger partial charge in [0.15, 0.2) is 11.5 Å². The standard InChI is InChI=1S/C27H28N6O3/c1-18-15-25(32-11-13-33(14-12-32)27-28-9-4-10-29-27)31-22-7-6-20(17-21(18)22)30-26(34)19-5-8-23(35-2)24(16-19)36-3/h4-10,15-17H,11-14H2,1-3H3,(H,30,34). The fraction of sp³-hybridized carbons (Fsp3) is 0.259. The van der Waals surface area contributed by atoms with E-state index in [0.717, 1.165) is 54.4 Å². The number of aryl methyl sites for hydroxylation is 1. The molecule has 9 heteroatoms. The molecule has 9 nitrogen and oxygen atoms in total. The van der Waals surface area contributed by atoms with Gasteiger partial charge < -0.3 is 24.6 Å². The Labute approximate surface area is 209 Å². The molecule has 0 saturated carbocycles. The Morgan fingerprint density at radius 2 is 1.61 bits per heavy atom. The number of nitrogens with one attached hydrogen (secondary N) is 1. The number of rotatable bonds is 6. The first-order chi connectivity index (χ1) is 17.6. The Morgan fingerprint density at radius 1 is 0.889 bits per heavy atom. The van der Waals surface area contributed by atoms with Gasteiger partial charge in [-0.2, -0.15) is 0 Å². The van der Waals surface area contributed by atoms with Gasteiger partial charge in [0.1, 0.15) is 5.82 Å². The second-order valence-electron chi connectivity index (χ2n) is 8.58. The number of pyridine rings is 1. The van der Waals surface area contributed by atoms with E-state index in [1.807, 2.05) is 24.3 Å². The Morgan fingerprint density at radius 3 is 2.33 bits per heavy atom. The summed E-state index contributed by atoms with van der Waals surface area (Å²) in [6.07, 6.45) is 3.54. The molecule has 0 radical (unpaired) electrons. The highest BCUT2D eigenvalue weighted by atomic mass is 16.5. The molecule has 36 heavy (non-hydrogen) atoms. The number of piperazine rings is 1. The van der Waals surface area contributed by atoms with Crippen molar-refractivity contribution in [3.8, 4) is 11.5 Å². The highest BCUT2D eigenvalue weighted by molar-refractivity contribution is 6.05. The first-order valence-corrected chi connectivity index (χ1v) is 11.8. The van der Waals surface area contributed by atoms with Crippen LogP contribution in [0.3, 0.4) is 0 Å². The maximum Gasteiger partial charge on any atom is 0.255 e. The molecule has 1 fully saturated rings. The molecule has 1 amide bonds. The maximum absolute atomic E-state index is 12.8. The number of fused-ring (bicyclic) bond motifs is 1. The van der Waals surface area contributed by atoms with Gasteiger partial charge in [0.25, 0.3) is 5.91 Å². The van der Waals surface area contributed by atoms with Gasteiger partial charge in [-0.25, -0.2) is 15.0 Å². The summed E-state index contributed by atoms with van der Waals surface area (Å²) in [5.74, 6) is 2.58. The monoisotopic (exact) mass is 484 g/mol. The van der Waals surface area contributed by atoms with Crippen molar-refractivity contribution in [3.05, 3.63) is 72.1 Å². The Kier molecular flexibility index (Phi) is 6.53. The van der Waals surface area contributed by atoms with Crippen molar-refractivity contribution in [2.24, 2.45) is 0 Å². The minimum atomic E-state index is -0.224. The number of nitrogens with zero attached hydrogens (tertiary/aromatic N) is 5. The molecule has 4 aromatic rings. The summed E-state index contributed by atoms with van der Waals surface area (Å²) < 4.78 is 10.6. The zero-order valence-corrected chi connectivity index (χ0v) is 20.6. The highest BCUT2D eigenvalue weighted by Crippen LogP contribution is 2.29. The van der Waals surface area contributed by atoms with Gasteiger partial charge in [0.2, 0.25) is 5.95 Å². The lowest BCUT2D eigenvalue weighted by atomic mass is 10.1. The van der Waals surface area contributed by atoms with Crippen LogP contribution in [0.4, 0.5) is 17.5 Å².